The van der Waals surface area contributed by atoms with Crippen LogP contribution in [0, 0.1) is 0 Å². The number of halogens is 1. The largest absolute Gasteiger partial charge is 0.493 e. The van der Waals surface area contributed by atoms with E-state index < -0.39 is 29.6 Å². The highest BCUT2D eigenvalue weighted by molar-refractivity contribution is 6.32. The molecule has 3 amide bonds. The molecule has 8 nitrogen and oxygen atoms in total. The van der Waals surface area contributed by atoms with E-state index in [9.17, 15) is 14.4 Å². The van der Waals surface area contributed by atoms with Crippen molar-refractivity contribution in [1.29, 1.82) is 0 Å². The van der Waals surface area contributed by atoms with Gasteiger partial charge in [0.2, 0.25) is 0 Å². The van der Waals surface area contributed by atoms with Crippen LogP contribution in [0.4, 0.5) is 4.79 Å². The minimum Gasteiger partial charge on any atom is -0.493 e. The fraction of sp³-hybridized carbons (Fsp3) is 0.421. The van der Waals surface area contributed by atoms with Crippen molar-refractivity contribution in [2.45, 2.75) is 39.3 Å². The van der Waals surface area contributed by atoms with Crippen LogP contribution in [0.2, 0.25) is 5.02 Å². The van der Waals surface area contributed by atoms with E-state index in [4.69, 9.17) is 25.8 Å². The van der Waals surface area contributed by atoms with Gasteiger partial charge in [0.1, 0.15) is 0 Å². The van der Waals surface area contributed by atoms with E-state index in [0.29, 0.717) is 22.1 Å². The van der Waals surface area contributed by atoms with Crippen molar-refractivity contribution in [3.8, 4) is 11.5 Å². The fourth-order valence-electron chi connectivity index (χ4n) is 2.05. The third-order valence-electron chi connectivity index (χ3n) is 3.26. The third-order valence-corrected chi connectivity index (χ3v) is 3.54. The van der Waals surface area contributed by atoms with Gasteiger partial charge in [0.05, 0.1) is 19.2 Å². The van der Waals surface area contributed by atoms with Crippen molar-refractivity contribution < 1.29 is 28.6 Å². The van der Waals surface area contributed by atoms with Gasteiger partial charge in [-0.2, -0.15) is 0 Å². The van der Waals surface area contributed by atoms with Crippen molar-refractivity contribution in [2.24, 2.45) is 0 Å². The number of hydrogen-bond acceptors (Lipinski definition) is 6. The molecule has 0 fully saturated rings. The average Bonchev–Trinajstić information content (AvgIpc) is 2.57. The Balaban J connectivity index is 2.69. The number of methoxy groups -OCH3 is 2. The fourth-order valence-corrected chi connectivity index (χ4v) is 2.35. The van der Waals surface area contributed by atoms with Gasteiger partial charge in [0.15, 0.2) is 17.6 Å². The molecule has 0 heterocycles. The Hall–Kier alpha value is -2.74. The van der Waals surface area contributed by atoms with Gasteiger partial charge in [-0.25, -0.2) is 9.59 Å². The standard InChI is InChI=1S/C19H25ClN2O6/c1-11(17(24)21-18(25)22-19(2,3)4)28-15(23)8-7-12-9-13(20)16(27-6)14(10-12)26-5/h7-11H,1-6H3,(H2,21,22,24,25)/b8-7+/t11-/m1/s1. The lowest BCUT2D eigenvalue weighted by Gasteiger charge is -2.21. The molecule has 0 saturated heterocycles. The number of imide groups is 1. The molecule has 0 unspecified atom stereocenters. The van der Waals surface area contributed by atoms with Gasteiger partial charge in [-0.15, -0.1) is 0 Å². The van der Waals surface area contributed by atoms with Crippen molar-refractivity contribution in [2.75, 3.05) is 14.2 Å². The number of nitrogens with one attached hydrogen (secondary N) is 2. The zero-order valence-corrected chi connectivity index (χ0v) is 17.5. The van der Waals surface area contributed by atoms with Gasteiger partial charge in [-0.1, -0.05) is 11.6 Å². The van der Waals surface area contributed by atoms with Crippen LogP contribution in [-0.2, 0) is 14.3 Å². The maximum Gasteiger partial charge on any atom is 0.331 e. The second kappa shape index (κ2) is 9.98. The highest BCUT2D eigenvalue weighted by atomic mass is 35.5. The normalized spacial score (nSPS) is 12.2. The topological polar surface area (TPSA) is 103 Å². The Morgan fingerprint density at radius 2 is 1.79 bits per heavy atom. The Morgan fingerprint density at radius 1 is 1.14 bits per heavy atom. The van der Waals surface area contributed by atoms with Gasteiger partial charge >= 0.3 is 12.0 Å². The monoisotopic (exact) mass is 412 g/mol. The molecule has 0 radical (unpaired) electrons. The average molecular weight is 413 g/mol. The minimum absolute atomic E-state index is 0.312. The Labute approximate surface area is 169 Å². The first-order valence-electron chi connectivity index (χ1n) is 8.40. The van der Waals surface area contributed by atoms with Gasteiger partial charge in [0.25, 0.3) is 5.91 Å². The van der Waals surface area contributed by atoms with E-state index in [1.807, 2.05) is 0 Å². The second-order valence-electron chi connectivity index (χ2n) is 6.84. The Morgan fingerprint density at radius 3 is 2.32 bits per heavy atom. The number of carbonyl (C=O) groups is 3. The number of urea groups is 1. The van der Waals surface area contributed by atoms with E-state index in [-0.39, 0.29) is 0 Å². The summed E-state index contributed by atoms with van der Waals surface area (Å²) in [4.78, 5) is 35.5. The Bertz CT molecular complexity index is 770. The summed E-state index contributed by atoms with van der Waals surface area (Å²) in [5.41, 5.74) is 0.0644. The molecule has 0 aliphatic heterocycles. The van der Waals surface area contributed by atoms with E-state index in [1.165, 1.54) is 27.2 Å². The number of rotatable bonds is 6. The predicted octanol–water partition coefficient (Wildman–Crippen LogP) is 2.93. The van der Waals surface area contributed by atoms with Crippen LogP contribution in [0.3, 0.4) is 0 Å². The highest BCUT2D eigenvalue weighted by Crippen LogP contribution is 2.36. The van der Waals surface area contributed by atoms with Gasteiger partial charge in [-0.05, 0) is 51.5 Å². The van der Waals surface area contributed by atoms with Crippen molar-refractivity contribution in [3.63, 3.8) is 0 Å². The molecule has 0 aliphatic rings. The molecule has 2 N–H and O–H groups in total. The van der Waals surface area contributed by atoms with Crippen molar-refractivity contribution in [1.82, 2.24) is 10.6 Å². The number of ether oxygens (including phenoxy) is 3. The summed E-state index contributed by atoms with van der Waals surface area (Å²) in [5, 5.41) is 5.00. The summed E-state index contributed by atoms with van der Waals surface area (Å²) >= 11 is 6.10. The summed E-state index contributed by atoms with van der Waals surface area (Å²) in [5.74, 6) is -0.717. The summed E-state index contributed by atoms with van der Waals surface area (Å²) in [6.07, 6.45) is 1.43. The molecular formula is C19H25ClN2O6. The SMILES string of the molecule is COc1cc(/C=C/C(=O)O[C@H](C)C(=O)NC(=O)NC(C)(C)C)cc(Cl)c1OC. The van der Waals surface area contributed by atoms with E-state index >= 15 is 0 Å². The predicted molar refractivity (Wildman–Crippen MR) is 106 cm³/mol. The summed E-state index contributed by atoms with van der Waals surface area (Å²) in [6, 6.07) is 2.54. The van der Waals surface area contributed by atoms with Crippen LogP contribution in [0.25, 0.3) is 6.08 Å². The molecule has 1 aromatic carbocycles. The molecule has 0 aliphatic carbocycles. The molecule has 1 atom stereocenters. The molecule has 9 heteroatoms. The van der Waals surface area contributed by atoms with Crippen LogP contribution in [0.5, 0.6) is 11.5 Å². The van der Waals surface area contributed by atoms with Gasteiger partial charge in [0, 0.05) is 11.6 Å². The van der Waals surface area contributed by atoms with E-state index in [1.54, 1.807) is 32.9 Å². The first-order valence-corrected chi connectivity index (χ1v) is 8.78. The Kier molecular flexibility index (Phi) is 8.31. The number of amides is 3. The molecule has 0 aromatic heterocycles. The minimum atomic E-state index is -1.16. The van der Waals surface area contributed by atoms with Crippen LogP contribution in [0.15, 0.2) is 18.2 Å². The van der Waals surface area contributed by atoms with Gasteiger partial charge < -0.3 is 19.5 Å². The second-order valence-corrected chi connectivity index (χ2v) is 7.25. The van der Waals surface area contributed by atoms with E-state index in [2.05, 4.69) is 10.6 Å². The summed E-state index contributed by atoms with van der Waals surface area (Å²) < 4.78 is 15.3. The first kappa shape index (κ1) is 23.3. The van der Waals surface area contributed by atoms with Crippen LogP contribution >= 0.6 is 11.6 Å². The zero-order chi connectivity index (χ0) is 21.5. The third kappa shape index (κ3) is 7.48. The summed E-state index contributed by atoms with van der Waals surface area (Å²) in [6.45, 7) is 6.67. The maximum absolute atomic E-state index is 11.9. The highest BCUT2D eigenvalue weighted by Gasteiger charge is 2.21. The lowest BCUT2D eigenvalue weighted by atomic mass is 10.1. The molecule has 1 aromatic rings. The van der Waals surface area contributed by atoms with Crippen molar-refractivity contribution >= 4 is 35.6 Å². The van der Waals surface area contributed by atoms with Crippen LogP contribution in [0.1, 0.15) is 33.3 Å². The molecule has 1 rings (SSSR count). The lowest BCUT2D eigenvalue weighted by molar-refractivity contribution is -0.149. The van der Waals surface area contributed by atoms with Crippen molar-refractivity contribution in [3.05, 3.63) is 28.8 Å². The van der Waals surface area contributed by atoms with Crippen LogP contribution < -0.4 is 20.1 Å². The maximum atomic E-state index is 11.9. The lowest BCUT2D eigenvalue weighted by Crippen LogP contribution is -2.50. The molecule has 0 spiro atoms. The molecule has 0 bridgehead atoms. The number of benzene rings is 1. The number of carbonyl (C=O) groups excluding carboxylic acids is 3. The molecular weight excluding hydrogens is 388 g/mol. The summed E-state index contributed by atoms with van der Waals surface area (Å²) in [7, 11) is 2.93. The first-order chi connectivity index (χ1) is 13.0. The molecule has 28 heavy (non-hydrogen) atoms. The van der Waals surface area contributed by atoms with Gasteiger partial charge in [-0.3, -0.25) is 10.1 Å². The number of hydrogen-bond donors (Lipinski definition) is 2. The van der Waals surface area contributed by atoms with Crippen LogP contribution in [-0.4, -0.2) is 43.8 Å². The zero-order valence-electron chi connectivity index (χ0n) is 16.7. The molecule has 0 saturated carbocycles. The van der Waals surface area contributed by atoms with E-state index in [0.717, 1.165) is 6.08 Å². The quantitative estimate of drug-likeness (QED) is 0.550. The molecule has 154 valence electrons. The number of esters is 1. The smallest absolute Gasteiger partial charge is 0.331 e.